The molecule has 4 aromatic rings. The molecule has 0 fully saturated rings. The van der Waals surface area contributed by atoms with Crippen LogP contribution < -0.4 is 10.1 Å². The van der Waals surface area contributed by atoms with E-state index in [1.165, 1.54) is 12.1 Å². The molecule has 2 heterocycles. The number of nitrogens with one attached hydrogen (secondary N) is 1. The predicted octanol–water partition coefficient (Wildman–Crippen LogP) is 4.73. The second-order valence-corrected chi connectivity index (χ2v) is 8.03. The van der Waals surface area contributed by atoms with Gasteiger partial charge in [-0.15, -0.1) is 0 Å². The third-order valence-electron chi connectivity index (χ3n) is 5.61. The molecule has 1 N–H and O–H groups in total. The first-order valence-corrected chi connectivity index (χ1v) is 11.3. The van der Waals surface area contributed by atoms with Gasteiger partial charge in [-0.3, -0.25) is 4.79 Å². The van der Waals surface area contributed by atoms with Crippen LogP contribution in [0.4, 0.5) is 4.39 Å². The van der Waals surface area contributed by atoms with E-state index in [9.17, 15) is 9.18 Å². The fourth-order valence-corrected chi connectivity index (χ4v) is 3.93. The Bertz CT molecular complexity index is 1230. The van der Waals surface area contributed by atoms with Gasteiger partial charge in [0, 0.05) is 45.0 Å². The zero-order chi connectivity index (χ0) is 23.8. The maximum absolute atomic E-state index is 14.1. The molecular weight excluding hydrogens is 433 g/mol. The van der Waals surface area contributed by atoms with Gasteiger partial charge in [-0.05, 0) is 41.8 Å². The summed E-state index contributed by atoms with van der Waals surface area (Å²) >= 11 is 0. The number of fused-ring (bicyclic) bond motifs is 1. The van der Waals surface area contributed by atoms with E-state index in [-0.39, 0.29) is 24.1 Å². The molecule has 0 aliphatic carbocycles. The summed E-state index contributed by atoms with van der Waals surface area (Å²) < 4.78 is 27.1. The highest BCUT2D eigenvalue weighted by atomic mass is 19.1. The van der Waals surface area contributed by atoms with Crippen molar-refractivity contribution in [1.82, 2.24) is 14.7 Å². The lowest BCUT2D eigenvalue weighted by atomic mass is 9.92. The molecule has 0 saturated heterocycles. The van der Waals surface area contributed by atoms with Crippen LogP contribution in [0.3, 0.4) is 0 Å². The van der Waals surface area contributed by atoms with E-state index in [0.29, 0.717) is 36.7 Å². The molecule has 0 spiro atoms. The molecule has 2 aromatic carbocycles. The SMILES string of the molecule is COCCCNC(=O)CC(c1cccc(F)c1)c1cnc2c(OCc3ccccc3)cccn12. The van der Waals surface area contributed by atoms with Crippen molar-refractivity contribution in [2.75, 3.05) is 20.3 Å². The van der Waals surface area contributed by atoms with Crippen LogP contribution >= 0.6 is 0 Å². The average molecular weight is 462 g/mol. The van der Waals surface area contributed by atoms with Crippen molar-refractivity contribution in [2.45, 2.75) is 25.4 Å². The number of ether oxygens (including phenoxy) is 2. The van der Waals surface area contributed by atoms with Crippen LogP contribution in [-0.2, 0) is 16.1 Å². The molecule has 7 heteroatoms. The summed E-state index contributed by atoms with van der Waals surface area (Å²) in [6, 6.07) is 20.0. The standard InChI is InChI=1S/C27H28FN3O3/c1-33-15-7-13-29-26(32)17-23(21-10-5-11-22(28)16-21)24-18-30-27-25(12-6-14-31(24)27)34-19-20-8-3-2-4-9-20/h2-6,8-12,14,16,18,23H,7,13,15,17,19H2,1H3,(H,29,32). The molecular formula is C27H28FN3O3. The summed E-state index contributed by atoms with van der Waals surface area (Å²) in [5.41, 5.74) is 3.21. The Balaban J connectivity index is 1.61. The van der Waals surface area contributed by atoms with Crippen molar-refractivity contribution >= 4 is 11.6 Å². The fraction of sp³-hybridized carbons (Fsp3) is 0.259. The Morgan fingerprint density at radius 2 is 1.97 bits per heavy atom. The van der Waals surface area contributed by atoms with Crippen molar-refractivity contribution < 1.29 is 18.7 Å². The van der Waals surface area contributed by atoms with Crippen LogP contribution in [0.15, 0.2) is 79.1 Å². The third kappa shape index (κ3) is 5.80. The first kappa shape index (κ1) is 23.4. The number of aromatic nitrogens is 2. The molecule has 0 radical (unpaired) electrons. The highest BCUT2D eigenvalue weighted by Crippen LogP contribution is 2.31. The van der Waals surface area contributed by atoms with Crippen LogP contribution in [0.25, 0.3) is 5.65 Å². The number of rotatable bonds is 11. The minimum absolute atomic E-state index is 0.114. The largest absolute Gasteiger partial charge is 0.485 e. The molecule has 4 rings (SSSR count). The fourth-order valence-electron chi connectivity index (χ4n) is 3.93. The number of imidazole rings is 1. The molecule has 34 heavy (non-hydrogen) atoms. The molecule has 0 aliphatic rings. The number of methoxy groups -OCH3 is 1. The number of amides is 1. The van der Waals surface area contributed by atoms with E-state index in [2.05, 4.69) is 10.3 Å². The Hall–Kier alpha value is -3.71. The van der Waals surface area contributed by atoms with Gasteiger partial charge in [0.25, 0.3) is 0 Å². The first-order valence-electron chi connectivity index (χ1n) is 11.3. The lowest BCUT2D eigenvalue weighted by molar-refractivity contribution is -0.121. The van der Waals surface area contributed by atoms with Gasteiger partial charge >= 0.3 is 0 Å². The molecule has 176 valence electrons. The number of carbonyl (C=O) groups excluding carboxylic acids is 1. The van der Waals surface area contributed by atoms with E-state index >= 15 is 0 Å². The van der Waals surface area contributed by atoms with Crippen molar-refractivity contribution in [3.05, 3.63) is 102 Å². The molecule has 2 aromatic heterocycles. The highest BCUT2D eigenvalue weighted by Gasteiger charge is 2.23. The molecule has 1 amide bonds. The molecule has 6 nitrogen and oxygen atoms in total. The van der Waals surface area contributed by atoms with E-state index in [1.54, 1.807) is 19.4 Å². The molecule has 0 bridgehead atoms. The number of halogens is 1. The maximum Gasteiger partial charge on any atom is 0.221 e. The van der Waals surface area contributed by atoms with Crippen LogP contribution in [0.1, 0.15) is 35.6 Å². The first-order chi connectivity index (χ1) is 16.7. The normalized spacial score (nSPS) is 11.9. The summed E-state index contributed by atoms with van der Waals surface area (Å²) in [5, 5.41) is 2.93. The van der Waals surface area contributed by atoms with Gasteiger partial charge in [-0.1, -0.05) is 42.5 Å². The smallest absolute Gasteiger partial charge is 0.221 e. The molecule has 1 unspecified atom stereocenters. The molecule has 0 saturated carbocycles. The van der Waals surface area contributed by atoms with Gasteiger partial charge in [-0.25, -0.2) is 9.37 Å². The summed E-state index contributed by atoms with van der Waals surface area (Å²) in [6.45, 7) is 1.51. The summed E-state index contributed by atoms with van der Waals surface area (Å²) in [5.74, 6) is -0.197. The number of hydrogen-bond acceptors (Lipinski definition) is 4. The van der Waals surface area contributed by atoms with Crippen LogP contribution in [0, 0.1) is 5.82 Å². The number of benzene rings is 2. The lowest BCUT2D eigenvalue weighted by Gasteiger charge is -2.18. The number of hydrogen-bond donors (Lipinski definition) is 1. The Morgan fingerprint density at radius 3 is 2.76 bits per heavy atom. The van der Waals surface area contributed by atoms with E-state index in [1.807, 2.05) is 59.1 Å². The minimum atomic E-state index is -0.377. The Morgan fingerprint density at radius 1 is 1.12 bits per heavy atom. The van der Waals surface area contributed by atoms with Crippen LogP contribution in [0.2, 0.25) is 0 Å². The van der Waals surface area contributed by atoms with E-state index < -0.39 is 0 Å². The average Bonchev–Trinajstić information content (AvgIpc) is 3.29. The van der Waals surface area contributed by atoms with Crippen LogP contribution in [-0.4, -0.2) is 35.6 Å². The second kappa shape index (κ2) is 11.4. The van der Waals surface area contributed by atoms with Gasteiger partial charge in [-0.2, -0.15) is 0 Å². The van der Waals surface area contributed by atoms with Gasteiger partial charge < -0.3 is 19.2 Å². The Labute approximate surface area is 198 Å². The van der Waals surface area contributed by atoms with E-state index in [0.717, 1.165) is 17.7 Å². The number of carbonyl (C=O) groups is 1. The summed E-state index contributed by atoms with van der Waals surface area (Å²) in [6.07, 6.45) is 4.51. The summed E-state index contributed by atoms with van der Waals surface area (Å²) in [4.78, 5) is 17.3. The number of nitrogens with zero attached hydrogens (tertiary/aromatic N) is 2. The Kier molecular flexibility index (Phi) is 7.88. The second-order valence-electron chi connectivity index (χ2n) is 8.03. The highest BCUT2D eigenvalue weighted by molar-refractivity contribution is 5.77. The maximum atomic E-state index is 14.1. The van der Waals surface area contributed by atoms with Gasteiger partial charge in [0.1, 0.15) is 12.4 Å². The third-order valence-corrected chi connectivity index (χ3v) is 5.61. The van der Waals surface area contributed by atoms with Crippen molar-refractivity contribution in [2.24, 2.45) is 0 Å². The summed E-state index contributed by atoms with van der Waals surface area (Å²) in [7, 11) is 1.63. The quantitative estimate of drug-likeness (QED) is 0.328. The lowest BCUT2D eigenvalue weighted by Crippen LogP contribution is -2.27. The minimum Gasteiger partial charge on any atom is -0.485 e. The van der Waals surface area contributed by atoms with Crippen molar-refractivity contribution in [3.63, 3.8) is 0 Å². The molecule has 0 aliphatic heterocycles. The molecule has 1 atom stereocenters. The van der Waals surface area contributed by atoms with Gasteiger partial charge in [0.05, 0.1) is 5.69 Å². The zero-order valence-corrected chi connectivity index (χ0v) is 19.1. The zero-order valence-electron chi connectivity index (χ0n) is 19.1. The van der Waals surface area contributed by atoms with Crippen LogP contribution in [0.5, 0.6) is 5.75 Å². The van der Waals surface area contributed by atoms with Crippen molar-refractivity contribution in [3.8, 4) is 5.75 Å². The number of pyridine rings is 1. The van der Waals surface area contributed by atoms with Crippen molar-refractivity contribution in [1.29, 1.82) is 0 Å². The van der Waals surface area contributed by atoms with E-state index in [4.69, 9.17) is 9.47 Å². The van der Waals surface area contributed by atoms with Gasteiger partial charge in [0.2, 0.25) is 5.91 Å². The van der Waals surface area contributed by atoms with Gasteiger partial charge in [0.15, 0.2) is 11.4 Å². The topological polar surface area (TPSA) is 64.9 Å². The predicted molar refractivity (Wildman–Crippen MR) is 128 cm³/mol. The monoisotopic (exact) mass is 461 g/mol.